The molecule has 1 aromatic heterocycles. The van der Waals surface area contributed by atoms with Crippen molar-refractivity contribution >= 4 is 10.8 Å². The van der Waals surface area contributed by atoms with Crippen molar-refractivity contribution in [3.05, 3.63) is 42.2 Å². The summed E-state index contributed by atoms with van der Waals surface area (Å²) in [6, 6.07) is 5.85. The summed E-state index contributed by atoms with van der Waals surface area (Å²) in [5, 5.41) is 1.51. The number of nitrogens with zero attached hydrogens (tertiary/aromatic N) is 1. The standard InChI is InChI=1S/C12H12F3N3/c13-12(14,15)6-11(18-16)10-3-1-2-8-7-17-5-4-9(8)10/h1-5,7,11,18H,6,16H2. The molecule has 1 heterocycles. The molecule has 0 aliphatic rings. The molecule has 1 aromatic carbocycles. The van der Waals surface area contributed by atoms with Crippen LogP contribution in [0.25, 0.3) is 10.8 Å². The summed E-state index contributed by atoms with van der Waals surface area (Å²) in [6.45, 7) is 0. The van der Waals surface area contributed by atoms with Gasteiger partial charge in [0.25, 0.3) is 0 Å². The lowest BCUT2D eigenvalue weighted by Crippen LogP contribution is -2.31. The van der Waals surface area contributed by atoms with Gasteiger partial charge in [0.2, 0.25) is 0 Å². The van der Waals surface area contributed by atoms with E-state index in [0.29, 0.717) is 5.56 Å². The van der Waals surface area contributed by atoms with Gasteiger partial charge in [-0.05, 0) is 17.0 Å². The minimum absolute atomic E-state index is 0.523. The fourth-order valence-corrected chi connectivity index (χ4v) is 1.94. The van der Waals surface area contributed by atoms with Crippen molar-refractivity contribution in [1.82, 2.24) is 10.4 Å². The highest BCUT2D eigenvalue weighted by Crippen LogP contribution is 2.32. The summed E-state index contributed by atoms with van der Waals surface area (Å²) in [5.74, 6) is 5.24. The van der Waals surface area contributed by atoms with Crippen molar-refractivity contribution < 1.29 is 13.2 Å². The van der Waals surface area contributed by atoms with Crippen LogP contribution in [0.5, 0.6) is 0 Å². The first-order valence-electron chi connectivity index (χ1n) is 5.37. The van der Waals surface area contributed by atoms with Crippen LogP contribution in [0.1, 0.15) is 18.0 Å². The van der Waals surface area contributed by atoms with E-state index in [1.807, 2.05) is 0 Å². The van der Waals surface area contributed by atoms with E-state index in [9.17, 15) is 13.2 Å². The maximum Gasteiger partial charge on any atom is 0.390 e. The molecule has 1 atom stereocenters. The Morgan fingerprint density at radius 3 is 2.72 bits per heavy atom. The van der Waals surface area contributed by atoms with E-state index in [2.05, 4.69) is 10.4 Å². The van der Waals surface area contributed by atoms with Crippen molar-refractivity contribution in [3.63, 3.8) is 0 Å². The molecule has 0 fully saturated rings. The van der Waals surface area contributed by atoms with Gasteiger partial charge in [-0.3, -0.25) is 16.3 Å². The molecule has 0 saturated carbocycles. The van der Waals surface area contributed by atoms with Crippen LogP contribution in [0.2, 0.25) is 0 Å². The van der Waals surface area contributed by atoms with Crippen molar-refractivity contribution in [1.29, 1.82) is 0 Å². The molecule has 0 bridgehead atoms. The van der Waals surface area contributed by atoms with Gasteiger partial charge in [-0.25, -0.2) is 0 Å². The third kappa shape index (κ3) is 2.77. The second kappa shape index (κ2) is 4.91. The van der Waals surface area contributed by atoms with E-state index in [1.165, 1.54) is 0 Å². The number of nitrogens with two attached hydrogens (primary N) is 1. The predicted octanol–water partition coefficient (Wildman–Crippen LogP) is 2.69. The largest absolute Gasteiger partial charge is 0.390 e. The molecule has 0 amide bonds. The van der Waals surface area contributed by atoms with Crippen LogP contribution >= 0.6 is 0 Å². The van der Waals surface area contributed by atoms with Crippen molar-refractivity contribution in [2.24, 2.45) is 5.84 Å². The van der Waals surface area contributed by atoms with Crippen molar-refractivity contribution in [2.45, 2.75) is 18.6 Å². The summed E-state index contributed by atoms with van der Waals surface area (Å²) in [5.41, 5.74) is 2.75. The van der Waals surface area contributed by atoms with Crippen molar-refractivity contribution in [3.8, 4) is 0 Å². The number of alkyl halides is 3. The lowest BCUT2D eigenvalue weighted by Gasteiger charge is -2.19. The smallest absolute Gasteiger partial charge is 0.271 e. The number of hydrogen-bond acceptors (Lipinski definition) is 3. The molecular weight excluding hydrogens is 243 g/mol. The average Bonchev–Trinajstić information content (AvgIpc) is 2.34. The van der Waals surface area contributed by atoms with Gasteiger partial charge in [-0.2, -0.15) is 13.2 Å². The lowest BCUT2D eigenvalue weighted by atomic mass is 9.98. The van der Waals surface area contributed by atoms with Gasteiger partial charge in [0.05, 0.1) is 12.5 Å². The minimum Gasteiger partial charge on any atom is -0.271 e. The van der Waals surface area contributed by atoms with Crippen LogP contribution in [0.3, 0.4) is 0 Å². The molecule has 0 radical (unpaired) electrons. The molecule has 2 rings (SSSR count). The van der Waals surface area contributed by atoms with Crippen LogP contribution in [0, 0.1) is 0 Å². The summed E-state index contributed by atoms with van der Waals surface area (Å²) in [7, 11) is 0. The van der Waals surface area contributed by atoms with E-state index >= 15 is 0 Å². The second-order valence-electron chi connectivity index (χ2n) is 3.98. The molecule has 3 N–H and O–H groups in total. The molecule has 0 saturated heterocycles. The quantitative estimate of drug-likeness (QED) is 0.655. The molecule has 6 heteroatoms. The lowest BCUT2D eigenvalue weighted by molar-refractivity contribution is -0.140. The first kappa shape index (κ1) is 12.8. The predicted molar refractivity (Wildman–Crippen MR) is 62.5 cm³/mol. The molecule has 0 aliphatic heterocycles. The Kier molecular flexibility index (Phi) is 3.49. The number of aromatic nitrogens is 1. The van der Waals surface area contributed by atoms with Crippen LogP contribution in [0.4, 0.5) is 13.2 Å². The first-order chi connectivity index (χ1) is 8.51. The second-order valence-corrected chi connectivity index (χ2v) is 3.98. The third-order valence-corrected chi connectivity index (χ3v) is 2.73. The fraction of sp³-hybridized carbons (Fsp3) is 0.250. The zero-order chi connectivity index (χ0) is 13.2. The number of pyridine rings is 1. The highest BCUT2D eigenvalue weighted by atomic mass is 19.4. The van der Waals surface area contributed by atoms with Gasteiger partial charge < -0.3 is 0 Å². The Morgan fingerprint density at radius 1 is 1.28 bits per heavy atom. The molecule has 1 unspecified atom stereocenters. The van der Waals surface area contributed by atoms with E-state index in [1.54, 1.807) is 36.7 Å². The van der Waals surface area contributed by atoms with Crippen LogP contribution in [-0.2, 0) is 0 Å². The first-order valence-corrected chi connectivity index (χ1v) is 5.37. The van der Waals surface area contributed by atoms with Gasteiger partial charge in [-0.15, -0.1) is 0 Å². The van der Waals surface area contributed by atoms with Gasteiger partial charge in [0.1, 0.15) is 0 Å². The summed E-state index contributed by atoms with van der Waals surface area (Å²) in [6.07, 6.45) is -2.12. The van der Waals surface area contributed by atoms with E-state index in [-0.39, 0.29) is 0 Å². The zero-order valence-electron chi connectivity index (χ0n) is 9.41. The highest BCUT2D eigenvalue weighted by molar-refractivity contribution is 5.85. The number of hydrazine groups is 1. The maximum atomic E-state index is 12.5. The van der Waals surface area contributed by atoms with Crippen LogP contribution in [-0.4, -0.2) is 11.2 Å². The number of rotatable bonds is 3. The Morgan fingerprint density at radius 2 is 2.06 bits per heavy atom. The average molecular weight is 255 g/mol. The number of halogens is 3. The van der Waals surface area contributed by atoms with E-state index in [4.69, 9.17) is 5.84 Å². The van der Waals surface area contributed by atoms with Gasteiger partial charge in [-0.1, -0.05) is 18.2 Å². The Hall–Kier alpha value is -1.66. The zero-order valence-corrected chi connectivity index (χ0v) is 9.41. The molecule has 2 aromatic rings. The molecular formula is C12H12F3N3. The minimum atomic E-state index is -4.27. The third-order valence-electron chi connectivity index (χ3n) is 2.73. The number of nitrogens with one attached hydrogen (secondary N) is 1. The van der Waals surface area contributed by atoms with Crippen LogP contribution in [0.15, 0.2) is 36.7 Å². The molecule has 96 valence electrons. The highest BCUT2D eigenvalue weighted by Gasteiger charge is 2.32. The summed E-state index contributed by atoms with van der Waals surface area (Å²) >= 11 is 0. The topological polar surface area (TPSA) is 50.9 Å². The summed E-state index contributed by atoms with van der Waals surface area (Å²) in [4.78, 5) is 3.94. The van der Waals surface area contributed by atoms with E-state index < -0.39 is 18.6 Å². The Labute approximate surface area is 102 Å². The molecule has 0 aliphatic carbocycles. The SMILES string of the molecule is NNC(CC(F)(F)F)c1cccc2cnccc12. The number of benzene rings is 1. The normalized spacial score (nSPS) is 13.8. The Bertz CT molecular complexity index is 534. The van der Waals surface area contributed by atoms with Gasteiger partial charge in [0.15, 0.2) is 0 Å². The van der Waals surface area contributed by atoms with Gasteiger partial charge >= 0.3 is 6.18 Å². The molecule has 3 nitrogen and oxygen atoms in total. The monoisotopic (exact) mass is 255 g/mol. The molecule has 0 spiro atoms. The maximum absolute atomic E-state index is 12.5. The van der Waals surface area contributed by atoms with E-state index in [0.717, 1.165) is 10.8 Å². The summed E-state index contributed by atoms with van der Waals surface area (Å²) < 4.78 is 37.4. The van der Waals surface area contributed by atoms with Gasteiger partial charge in [0, 0.05) is 17.8 Å². The Balaban J connectivity index is 2.45. The number of hydrogen-bond donors (Lipinski definition) is 2. The fourth-order valence-electron chi connectivity index (χ4n) is 1.94. The molecule has 18 heavy (non-hydrogen) atoms. The van der Waals surface area contributed by atoms with Crippen molar-refractivity contribution in [2.75, 3.05) is 0 Å². The number of fused-ring (bicyclic) bond motifs is 1. The van der Waals surface area contributed by atoms with Crippen LogP contribution < -0.4 is 11.3 Å².